The van der Waals surface area contributed by atoms with Gasteiger partial charge in [0.15, 0.2) is 0 Å². The van der Waals surface area contributed by atoms with E-state index in [1.54, 1.807) is 0 Å². The van der Waals surface area contributed by atoms with E-state index in [0.717, 1.165) is 31.1 Å². The summed E-state index contributed by atoms with van der Waals surface area (Å²) < 4.78 is 3.37. The molecule has 0 bridgehead atoms. The molecule has 3 nitrogen and oxygen atoms in total. The van der Waals surface area contributed by atoms with E-state index in [-0.39, 0.29) is 0 Å². The van der Waals surface area contributed by atoms with Gasteiger partial charge in [-0.25, -0.2) is 0 Å². The molecular formula is C16H28BrN3. The van der Waals surface area contributed by atoms with Crippen LogP contribution < -0.4 is 5.32 Å². The summed E-state index contributed by atoms with van der Waals surface area (Å²) in [5.74, 6) is 0.842. The van der Waals surface area contributed by atoms with Gasteiger partial charge in [-0.3, -0.25) is 4.68 Å². The van der Waals surface area contributed by atoms with Gasteiger partial charge in [-0.1, -0.05) is 19.8 Å². The molecule has 1 aromatic rings. The molecule has 1 fully saturated rings. The Kier molecular flexibility index (Phi) is 6.09. The Balaban J connectivity index is 2.13. The summed E-state index contributed by atoms with van der Waals surface area (Å²) in [7, 11) is 0. The molecule has 2 rings (SSSR count). The minimum atomic E-state index is 0.607. The van der Waals surface area contributed by atoms with Crippen molar-refractivity contribution in [1.82, 2.24) is 15.1 Å². The average Bonchev–Trinajstić information content (AvgIpc) is 3.06. The smallest absolute Gasteiger partial charge is 0.0738 e. The van der Waals surface area contributed by atoms with Crippen LogP contribution in [0.3, 0.4) is 0 Å². The molecule has 1 saturated carbocycles. The number of nitrogens with zero attached hydrogens (tertiary/aromatic N) is 2. The molecule has 1 aliphatic rings. The number of aryl methyl sites for hydroxylation is 2. The lowest BCUT2D eigenvalue weighted by Gasteiger charge is -2.25. The van der Waals surface area contributed by atoms with Crippen LogP contribution in [-0.2, 0) is 13.0 Å². The fourth-order valence-electron chi connectivity index (χ4n) is 3.37. The first kappa shape index (κ1) is 16.0. The standard InChI is InChI=1S/C16H28BrN3/c1-4-10-18-14(13-8-6-7-9-13)11-15-16(17)12(3)19-20(15)5-2/h13-14,18H,4-11H2,1-3H3. The Morgan fingerprint density at radius 2 is 2.05 bits per heavy atom. The third kappa shape index (κ3) is 3.64. The monoisotopic (exact) mass is 341 g/mol. The van der Waals surface area contributed by atoms with Crippen LogP contribution in [0.5, 0.6) is 0 Å². The van der Waals surface area contributed by atoms with Crippen molar-refractivity contribution in [3.05, 3.63) is 15.9 Å². The van der Waals surface area contributed by atoms with E-state index in [0.29, 0.717) is 6.04 Å². The van der Waals surface area contributed by atoms with Crippen molar-refractivity contribution in [2.45, 2.75) is 71.9 Å². The first-order valence-corrected chi connectivity index (χ1v) is 8.91. The van der Waals surface area contributed by atoms with Gasteiger partial charge in [0.25, 0.3) is 0 Å². The summed E-state index contributed by atoms with van der Waals surface area (Å²) in [6.07, 6.45) is 7.89. The molecule has 0 aliphatic heterocycles. The van der Waals surface area contributed by atoms with Gasteiger partial charge in [0, 0.05) is 19.0 Å². The van der Waals surface area contributed by atoms with Gasteiger partial charge in [0.2, 0.25) is 0 Å². The average molecular weight is 342 g/mol. The van der Waals surface area contributed by atoms with E-state index in [2.05, 4.69) is 51.8 Å². The first-order chi connectivity index (χ1) is 9.67. The molecule has 1 aromatic heterocycles. The molecule has 0 aromatic carbocycles. The number of halogens is 1. The fourth-order valence-corrected chi connectivity index (χ4v) is 3.81. The van der Waals surface area contributed by atoms with Crippen molar-refractivity contribution in [3.8, 4) is 0 Å². The summed E-state index contributed by atoms with van der Waals surface area (Å²) in [5, 5.41) is 8.42. The third-order valence-electron chi connectivity index (χ3n) is 4.49. The van der Waals surface area contributed by atoms with E-state index in [4.69, 9.17) is 0 Å². The lowest BCUT2D eigenvalue weighted by Crippen LogP contribution is -2.38. The second kappa shape index (κ2) is 7.60. The first-order valence-electron chi connectivity index (χ1n) is 8.12. The number of aromatic nitrogens is 2. The van der Waals surface area contributed by atoms with Crippen LogP contribution in [0.1, 0.15) is 57.3 Å². The van der Waals surface area contributed by atoms with E-state index in [1.165, 1.54) is 42.3 Å². The summed E-state index contributed by atoms with van der Waals surface area (Å²) in [5.41, 5.74) is 2.48. The fraction of sp³-hybridized carbons (Fsp3) is 0.812. The molecule has 1 N–H and O–H groups in total. The molecule has 1 aliphatic carbocycles. The van der Waals surface area contributed by atoms with Crippen molar-refractivity contribution in [3.63, 3.8) is 0 Å². The lowest BCUT2D eigenvalue weighted by atomic mass is 9.93. The van der Waals surface area contributed by atoms with Crippen LogP contribution in [-0.4, -0.2) is 22.4 Å². The Morgan fingerprint density at radius 1 is 1.35 bits per heavy atom. The molecule has 4 heteroatoms. The van der Waals surface area contributed by atoms with Crippen molar-refractivity contribution in [2.24, 2.45) is 5.92 Å². The quantitative estimate of drug-likeness (QED) is 0.809. The van der Waals surface area contributed by atoms with Crippen molar-refractivity contribution in [1.29, 1.82) is 0 Å². The summed E-state index contributed by atoms with van der Waals surface area (Å²) in [6, 6.07) is 0.607. The molecule has 0 spiro atoms. The number of rotatable bonds is 7. The zero-order chi connectivity index (χ0) is 14.5. The van der Waals surface area contributed by atoms with Gasteiger partial charge in [0.1, 0.15) is 0 Å². The minimum Gasteiger partial charge on any atom is -0.313 e. The van der Waals surface area contributed by atoms with Crippen LogP contribution in [0.4, 0.5) is 0 Å². The predicted molar refractivity (Wildman–Crippen MR) is 88.1 cm³/mol. The number of nitrogens with one attached hydrogen (secondary N) is 1. The Morgan fingerprint density at radius 3 is 2.65 bits per heavy atom. The Hall–Kier alpha value is -0.350. The van der Waals surface area contributed by atoms with Gasteiger partial charge in [-0.2, -0.15) is 5.10 Å². The zero-order valence-corrected chi connectivity index (χ0v) is 14.7. The second-order valence-electron chi connectivity index (χ2n) is 5.97. The molecule has 0 radical (unpaired) electrons. The van der Waals surface area contributed by atoms with Crippen LogP contribution in [0.25, 0.3) is 0 Å². The molecule has 1 atom stereocenters. The topological polar surface area (TPSA) is 29.9 Å². The molecular weight excluding hydrogens is 314 g/mol. The Labute approximate surface area is 131 Å². The van der Waals surface area contributed by atoms with Crippen LogP contribution >= 0.6 is 15.9 Å². The maximum atomic E-state index is 4.63. The highest BCUT2D eigenvalue weighted by Gasteiger charge is 2.27. The van der Waals surface area contributed by atoms with E-state index >= 15 is 0 Å². The van der Waals surface area contributed by atoms with E-state index in [1.807, 2.05) is 0 Å². The SMILES string of the molecule is CCCNC(Cc1c(Br)c(C)nn1CC)C1CCCC1. The van der Waals surface area contributed by atoms with Crippen molar-refractivity contribution in [2.75, 3.05) is 6.54 Å². The van der Waals surface area contributed by atoms with Crippen LogP contribution in [0.15, 0.2) is 4.47 Å². The molecule has 114 valence electrons. The second-order valence-corrected chi connectivity index (χ2v) is 6.76. The highest BCUT2D eigenvalue weighted by atomic mass is 79.9. The van der Waals surface area contributed by atoms with Gasteiger partial charge in [-0.15, -0.1) is 0 Å². The van der Waals surface area contributed by atoms with Gasteiger partial charge in [0.05, 0.1) is 15.9 Å². The molecule has 0 saturated heterocycles. The number of hydrogen-bond donors (Lipinski definition) is 1. The minimum absolute atomic E-state index is 0.607. The normalized spacial score (nSPS) is 17.8. The molecule has 20 heavy (non-hydrogen) atoms. The molecule has 0 amide bonds. The van der Waals surface area contributed by atoms with Crippen LogP contribution in [0, 0.1) is 12.8 Å². The zero-order valence-electron chi connectivity index (χ0n) is 13.1. The number of hydrogen-bond acceptors (Lipinski definition) is 2. The highest BCUT2D eigenvalue weighted by molar-refractivity contribution is 9.10. The summed E-state index contributed by atoms with van der Waals surface area (Å²) >= 11 is 3.74. The predicted octanol–water partition coefficient (Wildman–Crippen LogP) is 4.07. The maximum Gasteiger partial charge on any atom is 0.0738 e. The van der Waals surface area contributed by atoms with E-state index < -0.39 is 0 Å². The maximum absolute atomic E-state index is 4.63. The summed E-state index contributed by atoms with van der Waals surface area (Å²) in [6.45, 7) is 8.58. The van der Waals surface area contributed by atoms with Crippen molar-refractivity contribution >= 4 is 15.9 Å². The van der Waals surface area contributed by atoms with Crippen LogP contribution in [0.2, 0.25) is 0 Å². The largest absolute Gasteiger partial charge is 0.313 e. The van der Waals surface area contributed by atoms with Gasteiger partial charge in [-0.05, 0) is 61.5 Å². The molecule has 1 heterocycles. The highest BCUT2D eigenvalue weighted by Crippen LogP contribution is 2.31. The summed E-state index contributed by atoms with van der Waals surface area (Å²) in [4.78, 5) is 0. The third-order valence-corrected chi connectivity index (χ3v) is 5.52. The van der Waals surface area contributed by atoms with E-state index in [9.17, 15) is 0 Å². The van der Waals surface area contributed by atoms with Gasteiger partial charge >= 0.3 is 0 Å². The van der Waals surface area contributed by atoms with Gasteiger partial charge < -0.3 is 5.32 Å². The lowest BCUT2D eigenvalue weighted by molar-refractivity contribution is 0.349. The Bertz CT molecular complexity index is 422. The van der Waals surface area contributed by atoms with Crippen molar-refractivity contribution < 1.29 is 0 Å². The molecule has 1 unspecified atom stereocenters.